The molecular weight excluding hydrogens is 326 g/mol. The van der Waals surface area contributed by atoms with E-state index in [0.717, 1.165) is 17.8 Å². The summed E-state index contributed by atoms with van der Waals surface area (Å²) in [4.78, 5) is 26.3. The third-order valence-corrected chi connectivity index (χ3v) is 4.83. The van der Waals surface area contributed by atoms with Gasteiger partial charge in [0.25, 0.3) is 5.91 Å². The molecule has 0 fully saturated rings. The van der Waals surface area contributed by atoms with Gasteiger partial charge >= 0.3 is 0 Å². The van der Waals surface area contributed by atoms with Gasteiger partial charge in [-0.3, -0.25) is 9.59 Å². The lowest BCUT2D eigenvalue weighted by molar-refractivity contribution is 0.0663. The fourth-order valence-electron chi connectivity index (χ4n) is 3.53. The second-order valence-corrected chi connectivity index (χ2v) is 6.38. The maximum absolute atomic E-state index is 13.2. The lowest BCUT2D eigenvalue weighted by Gasteiger charge is -2.37. The van der Waals surface area contributed by atoms with Crippen molar-refractivity contribution in [2.75, 3.05) is 6.54 Å². The molecule has 2 aromatic carbocycles. The Bertz CT molecular complexity index is 945. The van der Waals surface area contributed by atoms with Gasteiger partial charge in [-0.1, -0.05) is 30.3 Å². The van der Waals surface area contributed by atoms with Crippen molar-refractivity contribution in [3.05, 3.63) is 95.3 Å². The first-order valence-electron chi connectivity index (χ1n) is 8.56. The minimum absolute atomic E-state index is 0.0534. The molecule has 4 rings (SSSR count). The number of rotatable bonds is 3. The van der Waals surface area contributed by atoms with E-state index in [2.05, 4.69) is 16.8 Å². The fourth-order valence-corrected chi connectivity index (χ4v) is 3.53. The van der Waals surface area contributed by atoms with Crippen LogP contribution in [0.4, 0.5) is 0 Å². The molecule has 5 heteroatoms. The summed E-state index contributed by atoms with van der Waals surface area (Å²) in [5, 5.41) is 0. The van der Waals surface area contributed by atoms with Gasteiger partial charge < -0.3 is 15.2 Å². The molecule has 1 atom stereocenters. The Morgan fingerprint density at radius 2 is 1.54 bits per heavy atom. The summed E-state index contributed by atoms with van der Waals surface area (Å²) >= 11 is 0. The molecule has 1 aromatic heterocycles. The summed E-state index contributed by atoms with van der Waals surface area (Å²) in [5.41, 5.74) is 8.41. The first kappa shape index (κ1) is 16.1. The lowest BCUT2D eigenvalue weighted by atomic mass is 9.98. The number of carbonyl (C=O) groups is 2. The normalized spacial score (nSPS) is 16.2. The van der Waals surface area contributed by atoms with Crippen molar-refractivity contribution >= 4 is 11.8 Å². The molecule has 3 aromatic rings. The van der Waals surface area contributed by atoms with E-state index < -0.39 is 5.91 Å². The molecule has 0 spiro atoms. The second kappa shape index (κ2) is 6.52. The van der Waals surface area contributed by atoms with Crippen LogP contribution in [0.1, 0.15) is 38.0 Å². The number of nitrogens with zero attached hydrogens (tertiary/aromatic N) is 2. The third kappa shape index (κ3) is 2.77. The molecule has 0 saturated carbocycles. The van der Waals surface area contributed by atoms with E-state index in [9.17, 15) is 9.59 Å². The van der Waals surface area contributed by atoms with E-state index in [0.29, 0.717) is 17.7 Å². The molecule has 26 heavy (non-hydrogen) atoms. The molecular formula is C21H19N3O2. The number of primary amides is 1. The van der Waals surface area contributed by atoms with Gasteiger partial charge in [0.1, 0.15) is 0 Å². The van der Waals surface area contributed by atoms with E-state index in [4.69, 9.17) is 5.73 Å². The Labute approximate surface area is 151 Å². The summed E-state index contributed by atoms with van der Waals surface area (Å²) in [7, 11) is 0. The van der Waals surface area contributed by atoms with Gasteiger partial charge in [-0.25, -0.2) is 0 Å². The molecule has 1 aliphatic heterocycles. The Morgan fingerprint density at radius 3 is 2.23 bits per heavy atom. The highest BCUT2D eigenvalue weighted by Gasteiger charge is 2.32. The quantitative estimate of drug-likeness (QED) is 0.793. The van der Waals surface area contributed by atoms with Gasteiger partial charge in [0.2, 0.25) is 5.91 Å². The first-order chi connectivity index (χ1) is 12.6. The summed E-state index contributed by atoms with van der Waals surface area (Å²) in [6, 6.07) is 20.5. The average molecular weight is 345 g/mol. The lowest BCUT2D eigenvalue weighted by Crippen LogP contribution is -2.42. The van der Waals surface area contributed by atoms with Crippen molar-refractivity contribution in [3.8, 4) is 0 Å². The van der Waals surface area contributed by atoms with Crippen LogP contribution in [0.25, 0.3) is 0 Å². The number of amides is 2. The molecule has 2 N–H and O–H groups in total. The minimum atomic E-state index is -0.498. The van der Waals surface area contributed by atoms with Crippen molar-refractivity contribution in [2.24, 2.45) is 5.73 Å². The van der Waals surface area contributed by atoms with E-state index in [-0.39, 0.29) is 11.9 Å². The smallest absolute Gasteiger partial charge is 0.254 e. The average Bonchev–Trinajstić information content (AvgIpc) is 3.16. The minimum Gasteiger partial charge on any atom is -0.366 e. The van der Waals surface area contributed by atoms with Crippen LogP contribution < -0.4 is 5.73 Å². The van der Waals surface area contributed by atoms with Crippen LogP contribution in [-0.4, -0.2) is 27.8 Å². The van der Waals surface area contributed by atoms with E-state index in [1.165, 1.54) is 0 Å². The number of benzene rings is 2. The largest absolute Gasteiger partial charge is 0.366 e. The topological polar surface area (TPSA) is 68.3 Å². The monoisotopic (exact) mass is 345 g/mol. The van der Waals surface area contributed by atoms with Crippen LogP contribution in [0.15, 0.2) is 72.9 Å². The highest BCUT2D eigenvalue weighted by Crippen LogP contribution is 2.33. The van der Waals surface area contributed by atoms with Crippen LogP contribution >= 0.6 is 0 Å². The zero-order valence-corrected chi connectivity index (χ0v) is 14.2. The third-order valence-electron chi connectivity index (χ3n) is 4.83. The molecule has 1 aliphatic rings. The van der Waals surface area contributed by atoms with Gasteiger partial charge in [-0.05, 0) is 42.0 Å². The maximum atomic E-state index is 13.2. The number of hydrogen-bond donors (Lipinski definition) is 1. The molecule has 0 saturated heterocycles. The van der Waals surface area contributed by atoms with Crippen molar-refractivity contribution in [1.82, 2.24) is 9.47 Å². The van der Waals surface area contributed by atoms with Crippen LogP contribution in [0.3, 0.4) is 0 Å². The van der Waals surface area contributed by atoms with Crippen molar-refractivity contribution in [3.63, 3.8) is 0 Å². The number of carbonyl (C=O) groups excluding carboxylic acids is 2. The molecule has 0 bridgehead atoms. The predicted octanol–water partition coefficient (Wildman–Crippen LogP) is 2.83. The van der Waals surface area contributed by atoms with E-state index in [1.54, 1.807) is 24.3 Å². The Balaban J connectivity index is 1.72. The maximum Gasteiger partial charge on any atom is 0.254 e. The Hall–Kier alpha value is -3.34. The van der Waals surface area contributed by atoms with Crippen LogP contribution in [-0.2, 0) is 6.54 Å². The number of fused-ring (bicyclic) bond motifs is 1. The summed E-state index contributed by atoms with van der Waals surface area (Å²) in [6.45, 7) is 1.38. The molecule has 1 unspecified atom stereocenters. The molecule has 0 radical (unpaired) electrons. The molecule has 2 heterocycles. The Kier molecular flexibility index (Phi) is 4.05. The molecule has 5 nitrogen and oxygen atoms in total. The van der Waals surface area contributed by atoms with Crippen LogP contribution in [0, 0.1) is 0 Å². The summed E-state index contributed by atoms with van der Waals surface area (Å²) in [6.07, 6.45) is 2.05. The zero-order valence-electron chi connectivity index (χ0n) is 14.2. The predicted molar refractivity (Wildman–Crippen MR) is 98.7 cm³/mol. The second-order valence-electron chi connectivity index (χ2n) is 6.38. The van der Waals surface area contributed by atoms with E-state index >= 15 is 0 Å². The number of nitrogens with two attached hydrogens (primary N) is 1. The van der Waals surface area contributed by atoms with Crippen molar-refractivity contribution in [2.45, 2.75) is 12.6 Å². The fraction of sp³-hybridized carbons (Fsp3) is 0.143. The number of hydrogen-bond acceptors (Lipinski definition) is 2. The van der Waals surface area contributed by atoms with Gasteiger partial charge in [0.05, 0.1) is 6.04 Å². The summed E-state index contributed by atoms with van der Waals surface area (Å²) in [5.74, 6) is -0.552. The van der Waals surface area contributed by atoms with Gasteiger partial charge in [-0.15, -0.1) is 0 Å². The Morgan fingerprint density at radius 1 is 0.846 bits per heavy atom. The standard InChI is InChI=1S/C21H19N3O2/c22-20(25)16-8-10-17(11-9-16)21(26)24-14-13-23-12-4-7-18(23)19(24)15-5-2-1-3-6-15/h1-12,19H,13-14H2,(H2,22,25). The summed E-state index contributed by atoms with van der Waals surface area (Å²) < 4.78 is 2.19. The molecule has 2 amide bonds. The van der Waals surface area contributed by atoms with Crippen LogP contribution in [0.2, 0.25) is 0 Å². The van der Waals surface area contributed by atoms with Gasteiger partial charge in [0, 0.05) is 36.1 Å². The van der Waals surface area contributed by atoms with Gasteiger partial charge in [0.15, 0.2) is 0 Å². The van der Waals surface area contributed by atoms with Crippen molar-refractivity contribution < 1.29 is 9.59 Å². The van der Waals surface area contributed by atoms with Gasteiger partial charge in [-0.2, -0.15) is 0 Å². The van der Waals surface area contributed by atoms with Crippen LogP contribution in [0.5, 0.6) is 0 Å². The number of aromatic nitrogens is 1. The van der Waals surface area contributed by atoms with E-state index in [1.807, 2.05) is 41.3 Å². The SMILES string of the molecule is NC(=O)c1ccc(C(=O)N2CCn3cccc3C2c2ccccc2)cc1. The highest BCUT2D eigenvalue weighted by atomic mass is 16.2. The molecule has 130 valence electrons. The zero-order chi connectivity index (χ0) is 18.1. The first-order valence-corrected chi connectivity index (χ1v) is 8.56. The highest BCUT2D eigenvalue weighted by molar-refractivity contribution is 5.97. The molecule has 0 aliphatic carbocycles. The van der Waals surface area contributed by atoms with Crippen molar-refractivity contribution in [1.29, 1.82) is 0 Å².